The van der Waals surface area contributed by atoms with Gasteiger partial charge in [0.2, 0.25) is 15.9 Å². The van der Waals surface area contributed by atoms with Crippen LogP contribution in [0.4, 0.5) is 0 Å². The van der Waals surface area contributed by atoms with E-state index in [0.717, 1.165) is 37.1 Å². The van der Waals surface area contributed by atoms with Crippen LogP contribution >= 0.6 is 0 Å². The summed E-state index contributed by atoms with van der Waals surface area (Å²) in [7, 11) is -3.52. The van der Waals surface area contributed by atoms with E-state index in [0.29, 0.717) is 24.5 Å². The summed E-state index contributed by atoms with van der Waals surface area (Å²) in [5, 5.41) is 0. The molecule has 2 aromatic rings. The van der Waals surface area contributed by atoms with Crippen molar-refractivity contribution in [1.29, 1.82) is 0 Å². The second-order valence-corrected chi connectivity index (χ2v) is 10.8. The van der Waals surface area contributed by atoms with Crippen LogP contribution in [0.15, 0.2) is 59.5 Å². The average molecular weight is 458 g/mol. The molecule has 1 aliphatic heterocycles. The molecule has 0 aromatic heterocycles. The lowest BCUT2D eigenvalue weighted by Crippen LogP contribution is -2.47. The molecule has 1 heterocycles. The van der Waals surface area contributed by atoms with Crippen molar-refractivity contribution in [2.75, 3.05) is 26.2 Å². The van der Waals surface area contributed by atoms with Crippen LogP contribution in [-0.2, 0) is 21.4 Å². The fourth-order valence-electron chi connectivity index (χ4n) is 4.11. The minimum atomic E-state index is -3.52. The van der Waals surface area contributed by atoms with Crippen molar-refractivity contribution >= 4 is 15.9 Å². The van der Waals surface area contributed by atoms with Gasteiger partial charge in [-0.05, 0) is 63.8 Å². The van der Waals surface area contributed by atoms with E-state index < -0.39 is 10.0 Å². The maximum Gasteiger partial charge on any atom is 0.240 e. The van der Waals surface area contributed by atoms with Gasteiger partial charge in [0, 0.05) is 25.7 Å². The zero-order valence-corrected chi connectivity index (χ0v) is 20.1. The third-order valence-corrected chi connectivity index (χ3v) is 7.43. The molecule has 0 saturated carbocycles. The van der Waals surface area contributed by atoms with E-state index in [4.69, 9.17) is 0 Å². The highest BCUT2D eigenvalue weighted by molar-refractivity contribution is 7.89. The molecule has 1 amide bonds. The minimum absolute atomic E-state index is 0.115. The normalized spacial score (nSPS) is 17.4. The standard InChI is InChI=1S/C25H35N3O3S/c1-20(2)28(18-22-8-5-4-6-9-22)25(29)19-27-15-7-10-23(17-27)16-26-32(30,31)24-13-11-21(3)12-14-24/h4-6,8-9,11-14,20,23,26H,7,10,15-19H2,1-3H3. The maximum absolute atomic E-state index is 13.1. The second-order valence-electron chi connectivity index (χ2n) is 9.01. The molecule has 2 aromatic carbocycles. The molecule has 3 rings (SSSR count). The van der Waals surface area contributed by atoms with Crippen LogP contribution in [0, 0.1) is 12.8 Å². The van der Waals surface area contributed by atoms with Gasteiger partial charge in [0.1, 0.15) is 0 Å². The smallest absolute Gasteiger partial charge is 0.240 e. The Hall–Kier alpha value is -2.22. The van der Waals surface area contributed by atoms with Crippen LogP contribution in [0.3, 0.4) is 0 Å². The summed E-state index contributed by atoms with van der Waals surface area (Å²) in [6.07, 6.45) is 1.92. The molecule has 1 atom stereocenters. The van der Waals surface area contributed by atoms with E-state index in [1.54, 1.807) is 24.3 Å². The predicted octanol–water partition coefficient (Wildman–Crippen LogP) is 3.42. The lowest BCUT2D eigenvalue weighted by Gasteiger charge is -2.35. The second kappa shape index (κ2) is 11.1. The fourth-order valence-corrected chi connectivity index (χ4v) is 5.23. The van der Waals surface area contributed by atoms with Crippen molar-refractivity contribution < 1.29 is 13.2 Å². The van der Waals surface area contributed by atoms with E-state index in [2.05, 4.69) is 9.62 Å². The molecule has 1 unspecified atom stereocenters. The molecule has 0 aliphatic carbocycles. The largest absolute Gasteiger partial charge is 0.335 e. The van der Waals surface area contributed by atoms with Crippen molar-refractivity contribution in [3.8, 4) is 0 Å². The molecule has 1 saturated heterocycles. The number of hydrogen-bond donors (Lipinski definition) is 1. The quantitative estimate of drug-likeness (QED) is 0.626. The predicted molar refractivity (Wildman–Crippen MR) is 128 cm³/mol. The van der Waals surface area contributed by atoms with Crippen molar-refractivity contribution in [2.45, 2.75) is 51.1 Å². The zero-order chi connectivity index (χ0) is 23.1. The summed E-state index contributed by atoms with van der Waals surface area (Å²) < 4.78 is 28.0. The first-order chi connectivity index (χ1) is 15.2. The Morgan fingerprint density at radius 2 is 1.81 bits per heavy atom. The van der Waals surface area contributed by atoms with Crippen LogP contribution in [0.1, 0.15) is 37.8 Å². The number of aryl methyl sites for hydroxylation is 1. The van der Waals surface area contributed by atoms with E-state index in [1.165, 1.54) is 0 Å². The summed E-state index contributed by atoms with van der Waals surface area (Å²) in [6.45, 7) is 8.96. The summed E-state index contributed by atoms with van der Waals surface area (Å²) in [5.74, 6) is 0.308. The Kier molecular flexibility index (Phi) is 8.45. The monoisotopic (exact) mass is 457 g/mol. The van der Waals surface area contributed by atoms with Gasteiger partial charge in [-0.15, -0.1) is 0 Å². The van der Waals surface area contributed by atoms with Crippen molar-refractivity contribution in [3.05, 3.63) is 65.7 Å². The highest BCUT2D eigenvalue weighted by Gasteiger charge is 2.26. The fraction of sp³-hybridized carbons (Fsp3) is 0.480. The Morgan fingerprint density at radius 3 is 2.47 bits per heavy atom. The highest BCUT2D eigenvalue weighted by Crippen LogP contribution is 2.18. The molecule has 32 heavy (non-hydrogen) atoms. The summed E-state index contributed by atoms with van der Waals surface area (Å²) in [6, 6.07) is 17.0. The lowest BCUT2D eigenvalue weighted by molar-refractivity contribution is -0.135. The molecule has 0 radical (unpaired) electrons. The number of sulfonamides is 1. The Labute approximate surface area is 192 Å². The topological polar surface area (TPSA) is 69.7 Å². The van der Waals surface area contributed by atoms with Crippen LogP contribution in [0.2, 0.25) is 0 Å². The van der Waals surface area contributed by atoms with E-state index in [9.17, 15) is 13.2 Å². The number of likely N-dealkylation sites (tertiary alicyclic amines) is 1. The molecule has 0 spiro atoms. The van der Waals surface area contributed by atoms with Crippen molar-refractivity contribution in [3.63, 3.8) is 0 Å². The first kappa shape index (κ1) is 24.4. The Morgan fingerprint density at radius 1 is 1.12 bits per heavy atom. The number of nitrogens with one attached hydrogen (secondary N) is 1. The molecule has 174 valence electrons. The van der Waals surface area contributed by atoms with Gasteiger partial charge in [0.25, 0.3) is 0 Å². The number of carbonyl (C=O) groups excluding carboxylic acids is 1. The van der Waals surface area contributed by atoms with Crippen LogP contribution in [0.25, 0.3) is 0 Å². The molecule has 1 aliphatic rings. The van der Waals surface area contributed by atoms with Gasteiger partial charge in [-0.1, -0.05) is 48.0 Å². The van der Waals surface area contributed by atoms with Gasteiger partial charge in [-0.3, -0.25) is 9.69 Å². The molecular weight excluding hydrogens is 422 g/mol. The van der Waals surface area contributed by atoms with Crippen molar-refractivity contribution in [2.24, 2.45) is 5.92 Å². The summed E-state index contributed by atoms with van der Waals surface area (Å²) >= 11 is 0. The van der Waals surface area contributed by atoms with Gasteiger partial charge in [0.05, 0.1) is 11.4 Å². The third-order valence-electron chi connectivity index (χ3n) is 5.99. The molecule has 1 fully saturated rings. The number of hydrogen-bond acceptors (Lipinski definition) is 4. The van der Waals surface area contributed by atoms with Crippen LogP contribution < -0.4 is 4.72 Å². The van der Waals surface area contributed by atoms with Gasteiger partial charge >= 0.3 is 0 Å². The first-order valence-corrected chi connectivity index (χ1v) is 12.8. The number of benzene rings is 2. The number of amides is 1. The van der Waals surface area contributed by atoms with Crippen LogP contribution in [0.5, 0.6) is 0 Å². The first-order valence-electron chi connectivity index (χ1n) is 11.4. The van der Waals surface area contributed by atoms with Crippen LogP contribution in [-0.4, -0.2) is 56.3 Å². The molecule has 6 nitrogen and oxygen atoms in total. The highest BCUT2D eigenvalue weighted by atomic mass is 32.2. The lowest BCUT2D eigenvalue weighted by atomic mass is 9.98. The Balaban J connectivity index is 1.54. The molecule has 1 N–H and O–H groups in total. The molecular formula is C25H35N3O3S. The number of nitrogens with zero attached hydrogens (tertiary/aromatic N) is 2. The van der Waals surface area contributed by atoms with E-state index in [-0.39, 0.29) is 17.9 Å². The maximum atomic E-state index is 13.1. The number of carbonyl (C=O) groups is 1. The van der Waals surface area contributed by atoms with Crippen molar-refractivity contribution in [1.82, 2.24) is 14.5 Å². The van der Waals surface area contributed by atoms with Gasteiger partial charge in [0.15, 0.2) is 0 Å². The zero-order valence-electron chi connectivity index (χ0n) is 19.3. The Bertz CT molecular complexity index is 975. The molecule has 7 heteroatoms. The van der Waals surface area contributed by atoms with Gasteiger partial charge in [-0.2, -0.15) is 0 Å². The van der Waals surface area contributed by atoms with Gasteiger partial charge < -0.3 is 4.90 Å². The number of rotatable bonds is 9. The SMILES string of the molecule is Cc1ccc(S(=O)(=O)NCC2CCCN(CC(=O)N(Cc3ccccc3)C(C)C)C2)cc1. The van der Waals surface area contributed by atoms with E-state index in [1.807, 2.05) is 56.0 Å². The molecule has 0 bridgehead atoms. The summed E-state index contributed by atoms with van der Waals surface area (Å²) in [4.78, 5) is 17.4. The average Bonchev–Trinajstić information content (AvgIpc) is 2.77. The number of piperidine rings is 1. The van der Waals surface area contributed by atoms with Gasteiger partial charge in [-0.25, -0.2) is 13.1 Å². The van der Waals surface area contributed by atoms with E-state index >= 15 is 0 Å². The summed E-state index contributed by atoms with van der Waals surface area (Å²) in [5.41, 5.74) is 2.15. The third kappa shape index (κ3) is 6.89. The minimum Gasteiger partial charge on any atom is -0.335 e.